The maximum atomic E-state index is 10.1. The lowest BCUT2D eigenvalue weighted by Gasteiger charge is -2.29. The van der Waals surface area contributed by atoms with Crippen molar-refractivity contribution in [3.63, 3.8) is 0 Å². The zero-order valence-corrected chi connectivity index (χ0v) is 28.2. The number of quaternary nitrogens is 3. The summed E-state index contributed by atoms with van der Waals surface area (Å²) >= 11 is 0. The first-order chi connectivity index (χ1) is 19.4. The zero-order chi connectivity index (χ0) is 36.6. The summed E-state index contributed by atoms with van der Waals surface area (Å²) in [5.41, 5.74) is -2.97. The molecule has 0 aromatic rings. The van der Waals surface area contributed by atoms with Crippen molar-refractivity contribution >= 4 is 25.7 Å². The molecule has 0 bridgehead atoms. The number of hydrogen-bond acceptors (Lipinski definition) is 14. The third-order valence-electron chi connectivity index (χ3n) is 4.21. The van der Waals surface area contributed by atoms with Crippen LogP contribution in [0, 0.1) is 0 Å². The summed E-state index contributed by atoms with van der Waals surface area (Å²) in [5, 5.41) is 80.7. The summed E-state index contributed by atoms with van der Waals surface area (Å²) in [7, 11) is 14.0. The molecule has 0 radical (unpaired) electrons. The number of phosphoric acid groups is 1. The summed E-state index contributed by atoms with van der Waals surface area (Å²) in [6.07, 6.45) is -3.96. The Bertz CT molecular complexity index is 751. The lowest BCUT2D eigenvalue weighted by molar-refractivity contribution is -0.870. The van der Waals surface area contributed by atoms with Gasteiger partial charge in [0.1, 0.15) is 31.3 Å². The van der Waals surface area contributed by atoms with Crippen molar-refractivity contribution in [3.8, 4) is 0 Å². The molecule has 1 unspecified atom stereocenters. The van der Waals surface area contributed by atoms with E-state index in [0.29, 0.717) is 0 Å². The van der Waals surface area contributed by atoms with Crippen molar-refractivity contribution < 1.29 is 92.7 Å². The molecule has 0 fully saturated rings. The number of carbonyl (C=O) groups excluding carboxylic acids is 3. The van der Waals surface area contributed by atoms with Gasteiger partial charge in [-0.2, -0.15) is 0 Å². The van der Waals surface area contributed by atoms with Crippen molar-refractivity contribution in [3.05, 3.63) is 0 Å². The molecule has 0 rings (SSSR count). The van der Waals surface area contributed by atoms with E-state index in [2.05, 4.69) is 68.0 Å². The number of hydrogen-bond donors (Lipinski definition) is 8. The molecule has 0 amide bonds. The van der Waals surface area contributed by atoms with E-state index < -0.39 is 63.5 Å². The van der Waals surface area contributed by atoms with Crippen LogP contribution in [0.5, 0.6) is 0 Å². The van der Waals surface area contributed by atoms with Crippen molar-refractivity contribution in [1.29, 1.82) is 0 Å². The predicted octanol–water partition coefficient (Wildman–Crippen LogP) is -7.75. The van der Waals surface area contributed by atoms with Crippen LogP contribution in [-0.4, -0.2) is 200 Å². The van der Waals surface area contributed by atoms with E-state index in [1.807, 2.05) is 0 Å². The standard InChI is InChI=1S/C6H8O7.3C5H14NO.C3H9O6P/c7-3(8)1-6(13,5(11)12)2-4(9)10;3*1-6(2,3)4-5-7;4-1-3(5)2-9-10(6,7)8/h13H,1-2H2,(H,7,8)(H,9,10)(H,11,12);3*7H,4-5H2,1-3H3;3-5H,1-2H2,(H2,6,7,8)/q;3*+1;/p-3. The van der Waals surface area contributed by atoms with E-state index in [4.69, 9.17) is 40.4 Å². The highest BCUT2D eigenvalue weighted by atomic mass is 31.2. The summed E-state index contributed by atoms with van der Waals surface area (Å²) in [5.74, 6) is -5.98. The summed E-state index contributed by atoms with van der Waals surface area (Å²) in [6, 6.07) is 0. The fourth-order valence-corrected chi connectivity index (χ4v) is 2.19. The van der Waals surface area contributed by atoms with E-state index >= 15 is 0 Å². The first kappa shape index (κ1) is 51.7. The van der Waals surface area contributed by atoms with Gasteiger partial charge in [-0.25, -0.2) is 4.57 Å². The molecular weight excluding hydrogens is 617 g/mol. The number of aliphatic hydroxyl groups is 6. The molecule has 0 saturated carbocycles. The number of likely N-dealkylation sites (N-methyl/N-ethyl adjacent to an activating group) is 3. The molecule has 0 heterocycles. The van der Waals surface area contributed by atoms with Crippen LogP contribution >= 0.6 is 7.82 Å². The quantitative estimate of drug-likeness (QED) is 0.0591. The molecule has 20 heteroatoms. The zero-order valence-electron chi connectivity index (χ0n) is 27.3. The molecule has 0 spiro atoms. The van der Waals surface area contributed by atoms with Gasteiger partial charge >= 0.3 is 7.82 Å². The van der Waals surface area contributed by atoms with Crippen LogP contribution in [0.1, 0.15) is 12.8 Å². The van der Waals surface area contributed by atoms with Gasteiger partial charge in [-0.3, -0.25) is 4.52 Å². The molecule has 19 nitrogen and oxygen atoms in total. The van der Waals surface area contributed by atoms with Gasteiger partial charge in [0, 0.05) is 24.8 Å². The maximum absolute atomic E-state index is 10.1. The molecule has 0 aromatic heterocycles. The smallest absolute Gasteiger partial charge is 0.469 e. The molecule has 0 aliphatic rings. The summed E-state index contributed by atoms with van der Waals surface area (Å²) in [6.45, 7) is 2.19. The lowest BCUT2D eigenvalue weighted by atomic mass is 9.96. The average Bonchev–Trinajstić information content (AvgIpc) is 2.75. The molecule has 1 atom stereocenters. The van der Waals surface area contributed by atoms with Gasteiger partial charge in [-0.1, -0.05) is 0 Å². The minimum atomic E-state index is -4.50. The second-order valence-electron chi connectivity index (χ2n) is 12.3. The molecule has 8 N–H and O–H groups in total. The second-order valence-corrected chi connectivity index (χ2v) is 13.5. The maximum Gasteiger partial charge on any atom is 0.469 e. The van der Waals surface area contributed by atoms with Gasteiger partial charge in [0.05, 0.1) is 102 Å². The van der Waals surface area contributed by atoms with Gasteiger partial charge in [0.2, 0.25) is 0 Å². The fraction of sp³-hybridized carbons (Fsp3) is 0.875. The lowest BCUT2D eigenvalue weighted by Crippen LogP contribution is -2.54. The van der Waals surface area contributed by atoms with Crippen LogP contribution in [0.3, 0.4) is 0 Å². The van der Waals surface area contributed by atoms with Crippen molar-refractivity contribution in [2.45, 2.75) is 24.5 Å². The normalized spacial score (nSPS) is 12.4. The van der Waals surface area contributed by atoms with Crippen LogP contribution in [0.4, 0.5) is 0 Å². The third-order valence-corrected chi connectivity index (χ3v) is 4.70. The highest BCUT2D eigenvalue weighted by Gasteiger charge is 2.29. The van der Waals surface area contributed by atoms with Crippen LogP contribution < -0.4 is 15.3 Å². The SMILES string of the molecule is C[N+](C)(C)CCO.C[N+](C)(C)CCO.C[N+](C)(C)CCO.O=C([O-])CC(O)(CC(=O)[O-])C(=O)[O-].O=P(O)(O)OCC(O)CO. The Morgan fingerprint density at radius 3 is 1.09 bits per heavy atom. The van der Waals surface area contributed by atoms with Gasteiger partial charge in [0.15, 0.2) is 0 Å². The van der Waals surface area contributed by atoms with Gasteiger partial charge in [0.25, 0.3) is 0 Å². The number of phosphoric ester groups is 1. The monoisotopic (exact) mass is 673 g/mol. The predicted molar refractivity (Wildman–Crippen MR) is 150 cm³/mol. The Kier molecular flexibility index (Phi) is 29.8. The Hall–Kier alpha value is -1.84. The molecule has 0 saturated heterocycles. The van der Waals surface area contributed by atoms with Gasteiger partial charge in [-0.15, -0.1) is 0 Å². The second kappa shape index (κ2) is 25.4. The van der Waals surface area contributed by atoms with Crippen molar-refractivity contribution in [2.75, 3.05) is 116 Å². The number of carbonyl (C=O) groups is 3. The van der Waals surface area contributed by atoms with E-state index in [9.17, 15) is 34.3 Å². The molecule has 0 aliphatic carbocycles. The van der Waals surface area contributed by atoms with Gasteiger partial charge < -0.3 is 83.6 Å². The van der Waals surface area contributed by atoms with E-state index in [0.717, 1.165) is 33.1 Å². The van der Waals surface area contributed by atoms with Crippen molar-refractivity contribution in [1.82, 2.24) is 0 Å². The van der Waals surface area contributed by atoms with Crippen LogP contribution in [0.2, 0.25) is 0 Å². The van der Waals surface area contributed by atoms with Crippen molar-refractivity contribution in [2.24, 2.45) is 0 Å². The highest BCUT2D eigenvalue weighted by Crippen LogP contribution is 2.35. The molecule has 0 aromatic carbocycles. The van der Waals surface area contributed by atoms with E-state index in [-0.39, 0.29) is 19.8 Å². The first-order valence-electron chi connectivity index (χ1n) is 13.0. The van der Waals surface area contributed by atoms with Gasteiger partial charge in [-0.05, 0) is 0 Å². The third kappa shape index (κ3) is 52.8. The number of carboxylic acids is 3. The highest BCUT2D eigenvalue weighted by molar-refractivity contribution is 7.46. The Balaban J connectivity index is -0.000000148. The average molecular weight is 674 g/mol. The Morgan fingerprint density at radius 1 is 0.705 bits per heavy atom. The number of aliphatic carboxylic acids is 3. The van der Waals surface area contributed by atoms with E-state index in [1.54, 1.807) is 0 Å². The number of carboxylic acid groups (broad SMARTS) is 3. The summed E-state index contributed by atoms with van der Waals surface area (Å²) < 4.78 is 16.3. The fourth-order valence-electron chi connectivity index (χ4n) is 1.82. The Morgan fingerprint density at radius 2 is 0.977 bits per heavy atom. The molecule has 268 valence electrons. The summed E-state index contributed by atoms with van der Waals surface area (Å²) in [4.78, 5) is 46.1. The molecular formula is C24H56N3O16P. The topological polar surface area (TPSA) is 309 Å². The Labute approximate surface area is 259 Å². The number of aliphatic hydroxyl groups excluding tert-OH is 5. The largest absolute Gasteiger partial charge is 0.550 e. The first-order valence-corrected chi connectivity index (χ1v) is 14.5. The number of nitrogens with zero attached hydrogens (tertiary/aromatic N) is 3. The minimum absolute atomic E-state index is 0.281. The van der Waals surface area contributed by atoms with Crippen LogP contribution in [-0.2, 0) is 23.5 Å². The molecule has 44 heavy (non-hydrogen) atoms. The van der Waals surface area contributed by atoms with E-state index in [1.165, 1.54) is 0 Å². The van der Waals surface area contributed by atoms with Crippen LogP contribution in [0.25, 0.3) is 0 Å². The number of rotatable bonds is 15. The van der Waals surface area contributed by atoms with Crippen LogP contribution in [0.15, 0.2) is 0 Å². The minimum Gasteiger partial charge on any atom is -0.550 e. The molecule has 0 aliphatic heterocycles.